The Morgan fingerprint density at radius 3 is 2.25 bits per heavy atom. The van der Waals surface area contributed by atoms with Gasteiger partial charge in [0.2, 0.25) is 5.91 Å². The van der Waals surface area contributed by atoms with Gasteiger partial charge in [-0.2, -0.15) is 0 Å². The van der Waals surface area contributed by atoms with Crippen LogP contribution in [0.15, 0.2) is 65.7 Å². The topological polar surface area (TPSA) is 60.0 Å². The molecule has 6 heteroatoms. The Balaban J connectivity index is 1.51. The summed E-state index contributed by atoms with van der Waals surface area (Å²) >= 11 is 0. The van der Waals surface area contributed by atoms with Crippen LogP contribution in [0.25, 0.3) is 0 Å². The molecule has 0 atom stereocenters. The minimum absolute atomic E-state index is 0.107. The largest absolute Gasteiger partial charge is 0.357 e. The second-order valence-electron chi connectivity index (χ2n) is 6.83. The Hall–Kier alpha value is -2.86. The van der Waals surface area contributed by atoms with Crippen molar-refractivity contribution in [3.63, 3.8) is 0 Å². The van der Waals surface area contributed by atoms with Crippen LogP contribution in [-0.4, -0.2) is 60.9 Å². The molecular formula is C22H29N5O. The lowest BCUT2D eigenvalue weighted by Gasteiger charge is -2.36. The van der Waals surface area contributed by atoms with Gasteiger partial charge in [0.1, 0.15) is 6.54 Å². The van der Waals surface area contributed by atoms with Crippen molar-refractivity contribution in [3.05, 3.63) is 66.2 Å². The number of benzene rings is 2. The lowest BCUT2D eigenvalue weighted by Crippen LogP contribution is -2.52. The van der Waals surface area contributed by atoms with Crippen LogP contribution in [0.1, 0.15) is 12.5 Å². The number of carbonyl (C=O) groups is 1. The molecule has 2 aromatic rings. The van der Waals surface area contributed by atoms with Crippen LogP contribution in [-0.2, 0) is 11.3 Å². The first-order valence-electron chi connectivity index (χ1n) is 9.89. The Bertz CT molecular complexity index is 755. The summed E-state index contributed by atoms with van der Waals surface area (Å²) in [6, 6.07) is 20.0. The summed E-state index contributed by atoms with van der Waals surface area (Å²) < 4.78 is 0. The monoisotopic (exact) mass is 379 g/mol. The van der Waals surface area contributed by atoms with E-state index in [0.29, 0.717) is 0 Å². The first-order chi connectivity index (χ1) is 13.7. The van der Waals surface area contributed by atoms with Gasteiger partial charge < -0.3 is 15.5 Å². The fourth-order valence-corrected chi connectivity index (χ4v) is 3.25. The highest BCUT2D eigenvalue weighted by molar-refractivity contribution is 5.94. The van der Waals surface area contributed by atoms with Crippen LogP contribution in [0.2, 0.25) is 0 Å². The molecule has 1 heterocycles. The maximum Gasteiger partial charge on any atom is 0.246 e. The SMILES string of the molecule is CCNC(=NCC(=O)Nc1ccccc1)N1CCN(Cc2ccccc2)CC1. The first kappa shape index (κ1) is 19.9. The minimum atomic E-state index is -0.107. The number of aliphatic imine (C=N–C) groups is 1. The fourth-order valence-electron chi connectivity index (χ4n) is 3.25. The van der Waals surface area contributed by atoms with E-state index in [1.165, 1.54) is 5.56 Å². The van der Waals surface area contributed by atoms with Gasteiger partial charge in [0.05, 0.1) is 0 Å². The van der Waals surface area contributed by atoms with E-state index in [-0.39, 0.29) is 12.5 Å². The van der Waals surface area contributed by atoms with Gasteiger partial charge in [-0.15, -0.1) is 0 Å². The van der Waals surface area contributed by atoms with Crippen molar-refractivity contribution in [3.8, 4) is 0 Å². The van der Waals surface area contributed by atoms with Crippen molar-refractivity contribution < 1.29 is 4.79 Å². The number of carbonyl (C=O) groups excluding carboxylic acids is 1. The van der Waals surface area contributed by atoms with Gasteiger partial charge in [-0.3, -0.25) is 9.69 Å². The van der Waals surface area contributed by atoms with Gasteiger partial charge in [-0.25, -0.2) is 4.99 Å². The van der Waals surface area contributed by atoms with Gasteiger partial charge in [-0.05, 0) is 24.6 Å². The third-order valence-electron chi connectivity index (χ3n) is 4.69. The van der Waals surface area contributed by atoms with E-state index in [1.807, 2.05) is 37.3 Å². The van der Waals surface area contributed by atoms with Gasteiger partial charge in [0.15, 0.2) is 5.96 Å². The molecule has 0 spiro atoms. The molecule has 3 rings (SSSR count). The van der Waals surface area contributed by atoms with E-state index in [0.717, 1.165) is 50.9 Å². The Morgan fingerprint density at radius 1 is 0.964 bits per heavy atom. The summed E-state index contributed by atoms with van der Waals surface area (Å²) in [5.74, 6) is 0.703. The van der Waals surface area contributed by atoms with Crippen molar-refractivity contribution in [1.82, 2.24) is 15.1 Å². The molecule has 0 bridgehead atoms. The molecule has 6 nitrogen and oxygen atoms in total. The normalized spacial score (nSPS) is 15.3. The average molecular weight is 380 g/mol. The van der Waals surface area contributed by atoms with Crippen molar-refractivity contribution in [1.29, 1.82) is 0 Å². The summed E-state index contributed by atoms with van der Waals surface area (Å²) in [5, 5.41) is 6.19. The molecule has 1 fully saturated rings. The minimum Gasteiger partial charge on any atom is -0.357 e. The summed E-state index contributed by atoms with van der Waals surface area (Å²) in [5.41, 5.74) is 2.14. The summed E-state index contributed by atoms with van der Waals surface area (Å²) in [4.78, 5) is 21.4. The Morgan fingerprint density at radius 2 is 1.61 bits per heavy atom. The molecule has 1 saturated heterocycles. The predicted octanol–water partition coefficient (Wildman–Crippen LogP) is 2.41. The highest BCUT2D eigenvalue weighted by Gasteiger charge is 2.19. The predicted molar refractivity (Wildman–Crippen MR) is 114 cm³/mol. The summed E-state index contributed by atoms with van der Waals surface area (Å²) in [7, 11) is 0. The zero-order valence-electron chi connectivity index (χ0n) is 16.5. The standard InChI is InChI=1S/C22H29N5O/c1-2-23-22(24-17-21(28)25-20-11-7-4-8-12-20)27-15-13-26(14-16-27)18-19-9-5-3-6-10-19/h3-12H,2,13-18H2,1H3,(H,23,24)(H,25,28). The van der Waals surface area contributed by atoms with E-state index >= 15 is 0 Å². The number of nitrogens with zero attached hydrogens (tertiary/aromatic N) is 3. The smallest absolute Gasteiger partial charge is 0.246 e. The summed E-state index contributed by atoms with van der Waals surface area (Å²) in [6.45, 7) is 7.68. The number of nitrogens with one attached hydrogen (secondary N) is 2. The molecular weight excluding hydrogens is 350 g/mol. The van der Waals surface area contributed by atoms with Crippen molar-refractivity contribution in [2.24, 2.45) is 4.99 Å². The molecule has 0 saturated carbocycles. The molecule has 0 aromatic heterocycles. The molecule has 148 valence electrons. The number of hydrogen-bond acceptors (Lipinski definition) is 3. The van der Waals surface area contributed by atoms with Crippen LogP contribution in [0.3, 0.4) is 0 Å². The first-order valence-corrected chi connectivity index (χ1v) is 9.89. The van der Waals surface area contributed by atoms with Gasteiger partial charge in [0, 0.05) is 45.0 Å². The van der Waals surface area contributed by atoms with Crippen LogP contribution in [0.4, 0.5) is 5.69 Å². The van der Waals surface area contributed by atoms with Crippen molar-refractivity contribution in [2.75, 3.05) is 44.6 Å². The number of rotatable bonds is 6. The fraction of sp³-hybridized carbons (Fsp3) is 0.364. The summed E-state index contributed by atoms with van der Waals surface area (Å²) in [6.07, 6.45) is 0. The van der Waals surface area contributed by atoms with E-state index in [2.05, 4.69) is 55.8 Å². The van der Waals surface area contributed by atoms with Crippen molar-refractivity contribution >= 4 is 17.6 Å². The van der Waals surface area contributed by atoms with Crippen LogP contribution < -0.4 is 10.6 Å². The number of hydrogen-bond donors (Lipinski definition) is 2. The number of anilines is 1. The lowest BCUT2D eigenvalue weighted by molar-refractivity contribution is -0.114. The Labute approximate surface area is 167 Å². The van der Waals surface area contributed by atoms with Crippen molar-refractivity contribution in [2.45, 2.75) is 13.5 Å². The molecule has 0 radical (unpaired) electrons. The van der Waals surface area contributed by atoms with Gasteiger partial charge >= 0.3 is 0 Å². The van der Waals surface area contributed by atoms with Gasteiger partial charge in [-0.1, -0.05) is 48.5 Å². The van der Waals surface area contributed by atoms with Crippen LogP contribution >= 0.6 is 0 Å². The second kappa shape index (κ2) is 10.5. The highest BCUT2D eigenvalue weighted by Crippen LogP contribution is 2.09. The second-order valence-corrected chi connectivity index (χ2v) is 6.83. The number of amides is 1. The maximum atomic E-state index is 12.2. The quantitative estimate of drug-likeness (QED) is 0.598. The van der Waals surface area contributed by atoms with E-state index in [9.17, 15) is 4.79 Å². The molecule has 1 amide bonds. The molecule has 0 aliphatic carbocycles. The van der Waals surface area contributed by atoms with E-state index in [1.54, 1.807) is 0 Å². The third kappa shape index (κ3) is 6.09. The third-order valence-corrected chi connectivity index (χ3v) is 4.69. The molecule has 1 aliphatic heterocycles. The molecule has 28 heavy (non-hydrogen) atoms. The molecule has 0 unspecified atom stereocenters. The zero-order chi connectivity index (χ0) is 19.6. The zero-order valence-corrected chi connectivity index (χ0v) is 16.5. The maximum absolute atomic E-state index is 12.2. The van der Waals surface area contributed by atoms with E-state index in [4.69, 9.17) is 0 Å². The molecule has 2 N–H and O–H groups in total. The van der Waals surface area contributed by atoms with E-state index < -0.39 is 0 Å². The van der Waals surface area contributed by atoms with Crippen LogP contribution in [0, 0.1) is 0 Å². The average Bonchev–Trinajstić information content (AvgIpc) is 2.73. The Kier molecular flexibility index (Phi) is 7.44. The van der Waals surface area contributed by atoms with Gasteiger partial charge in [0.25, 0.3) is 0 Å². The molecule has 1 aliphatic rings. The number of piperazine rings is 1. The lowest BCUT2D eigenvalue weighted by atomic mass is 10.2. The molecule has 2 aromatic carbocycles. The highest BCUT2D eigenvalue weighted by atomic mass is 16.1. The number of para-hydroxylation sites is 1. The van der Waals surface area contributed by atoms with Crippen LogP contribution in [0.5, 0.6) is 0 Å². The number of guanidine groups is 1.